The lowest BCUT2D eigenvalue weighted by molar-refractivity contribution is -0.122. The number of methoxy groups -OCH3 is 1. The molecule has 0 bridgehead atoms. The Kier molecular flexibility index (Phi) is 5.70. The summed E-state index contributed by atoms with van der Waals surface area (Å²) in [6, 6.07) is 8.47. The van der Waals surface area contributed by atoms with Crippen molar-refractivity contribution in [2.75, 3.05) is 56.8 Å². The number of nitrogens with zero attached hydrogens (tertiary/aromatic N) is 4. The van der Waals surface area contributed by atoms with Crippen molar-refractivity contribution in [1.82, 2.24) is 19.5 Å². The topological polar surface area (TPSA) is 130 Å². The minimum Gasteiger partial charge on any atom is -0.383 e. The third kappa shape index (κ3) is 3.76. The van der Waals surface area contributed by atoms with Gasteiger partial charge in [0.05, 0.1) is 26.4 Å². The summed E-state index contributed by atoms with van der Waals surface area (Å²) in [6.45, 7) is 2.44. The van der Waals surface area contributed by atoms with Gasteiger partial charge in [0.1, 0.15) is 10.6 Å². The molecule has 1 saturated heterocycles. The van der Waals surface area contributed by atoms with Gasteiger partial charge >= 0.3 is 0 Å². The first kappa shape index (κ1) is 20.3. The molecule has 11 nitrogen and oxygen atoms in total. The normalized spacial score (nSPS) is 18.9. The number of hydrogen-bond donors (Lipinski definition) is 2. The van der Waals surface area contributed by atoms with Gasteiger partial charge < -0.3 is 19.7 Å². The smallest absolute Gasteiger partial charge is 0.285 e. The maximum absolute atomic E-state index is 13.1. The van der Waals surface area contributed by atoms with Crippen LogP contribution in [0.25, 0.3) is 4.91 Å². The largest absolute Gasteiger partial charge is 0.383 e. The Hall–Kier alpha value is -2.96. The van der Waals surface area contributed by atoms with Gasteiger partial charge in [-0.15, -0.1) is 5.10 Å². The summed E-state index contributed by atoms with van der Waals surface area (Å²) >= 11 is 0. The van der Waals surface area contributed by atoms with Crippen molar-refractivity contribution < 1.29 is 22.7 Å². The zero-order valence-corrected chi connectivity index (χ0v) is 17.2. The maximum Gasteiger partial charge on any atom is 0.285 e. The van der Waals surface area contributed by atoms with E-state index in [2.05, 4.69) is 20.5 Å². The zero-order chi connectivity index (χ0) is 21.1. The summed E-state index contributed by atoms with van der Waals surface area (Å²) < 4.78 is 37.4. The first-order valence-electron chi connectivity index (χ1n) is 9.40. The lowest BCUT2D eigenvalue weighted by Crippen LogP contribution is -2.36. The average Bonchev–Trinajstić information content (AvgIpc) is 3.29. The number of hydrogen-bond acceptors (Lipinski definition) is 9. The first-order chi connectivity index (χ1) is 14.5. The van der Waals surface area contributed by atoms with Crippen LogP contribution in [0.3, 0.4) is 0 Å². The predicted molar refractivity (Wildman–Crippen MR) is 109 cm³/mol. The maximum atomic E-state index is 13.1. The van der Waals surface area contributed by atoms with Gasteiger partial charge in [0.2, 0.25) is 11.9 Å². The van der Waals surface area contributed by atoms with Crippen LogP contribution in [-0.2, 0) is 24.3 Å². The van der Waals surface area contributed by atoms with E-state index in [1.165, 1.54) is 7.11 Å². The van der Waals surface area contributed by atoms with Crippen molar-refractivity contribution in [2.45, 2.75) is 0 Å². The van der Waals surface area contributed by atoms with Crippen LogP contribution in [0.15, 0.2) is 36.0 Å². The molecule has 0 radical (unpaired) electrons. The predicted octanol–water partition coefficient (Wildman–Crippen LogP) is 0.240. The molecular weight excluding hydrogens is 412 g/mol. The Balaban J connectivity index is 1.69. The molecular formula is C18H22N6O5S. The van der Waals surface area contributed by atoms with E-state index >= 15 is 0 Å². The van der Waals surface area contributed by atoms with Crippen LogP contribution in [-0.4, -0.2) is 80.4 Å². The third-order valence-corrected chi connectivity index (χ3v) is 6.65. The number of benzene rings is 1. The van der Waals surface area contributed by atoms with E-state index in [-0.39, 0.29) is 29.7 Å². The lowest BCUT2D eigenvalue weighted by Gasteiger charge is -2.25. The van der Waals surface area contributed by atoms with Crippen molar-refractivity contribution in [2.24, 2.45) is 0 Å². The van der Waals surface area contributed by atoms with Crippen LogP contribution in [0.1, 0.15) is 5.56 Å². The Morgan fingerprint density at radius 3 is 2.67 bits per heavy atom. The quantitative estimate of drug-likeness (QED) is 0.629. The number of carbonyl (C=O) groups is 1. The van der Waals surface area contributed by atoms with E-state index in [0.717, 1.165) is 4.31 Å². The van der Waals surface area contributed by atoms with Crippen molar-refractivity contribution >= 4 is 32.7 Å². The van der Waals surface area contributed by atoms with Crippen molar-refractivity contribution in [3.8, 4) is 0 Å². The highest BCUT2D eigenvalue weighted by atomic mass is 32.2. The van der Waals surface area contributed by atoms with Crippen molar-refractivity contribution in [3.63, 3.8) is 0 Å². The van der Waals surface area contributed by atoms with E-state index in [9.17, 15) is 13.2 Å². The minimum atomic E-state index is -4.05. The van der Waals surface area contributed by atoms with Crippen molar-refractivity contribution in [3.05, 3.63) is 41.6 Å². The molecule has 2 aliphatic heterocycles. The van der Waals surface area contributed by atoms with Crippen LogP contribution in [0, 0.1) is 0 Å². The summed E-state index contributed by atoms with van der Waals surface area (Å²) in [5, 5.41) is 9.74. The number of H-pyrrole nitrogens is 1. The molecule has 3 heterocycles. The van der Waals surface area contributed by atoms with Crippen LogP contribution >= 0.6 is 0 Å². The Bertz CT molecular complexity index is 1050. The minimum absolute atomic E-state index is 0.0815. The van der Waals surface area contributed by atoms with Gasteiger partial charge in [0.25, 0.3) is 15.9 Å². The van der Waals surface area contributed by atoms with E-state index in [4.69, 9.17) is 9.47 Å². The van der Waals surface area contributed by atoms with Gasteiger partial charge in [-0.25, -0.2) is 17.8 Å². The third-order valence-electron chi connectivity index (χ3n) is 4.76. The lowest BCUT2D eigenvalue weighted by atomic mass is 10.2. The molecule has 1 aromatic carbocycles. The standard InChI is InChI=1S/C18H22N6O5S/c1-28-10-9-24-16(25)14(15(30(24,26)27)13-5-3-2-4-6-13)19-17-20-18(22-21-17)23-7-11-29-12-8-23/h2-6H,7-12H2,1H3,(H2,19,20,21,22). The Morgan fingerprint density at radius 2 is 1.97 bits per heavy atom. The highest BCUT2D eigenvalue weighted by molar-refractivity contribution is 7.99. The van der Waals surface area contributed by atoms with Gasteiger partial charge in [-0.2, -0.15) is 4.98 Å². The zero-order valence-electron chi connectivity index (χ0n) is 16.4. The molecule has 30 heavy (non-hydrogen) atoms. The fourth-order valence-corrected chi connectivity index (χ4v) is 4.97. The number of ether oxygens (including phenoxy) is 2. The summed E-state index contributed by atoms with van der Waals surface area (Å²) in [4.78, 5) is 19.2. The average molecular weight is 434 g/mol. The number of aromatic amines is 1. The molecule has 0 aliphatic carbocycles. The summed E-state index contributed by atoms with van der Waals surface area (Å²) in [7, 11) is -2.61. The fourth-order valence-electron chi connectivity index (χ4n) is 3.29. The van der Waals surface area contributed by atoms with Crippen LogP contribution in [0.2, 0.25) is 0 Å². The number of amides is 1. The van der Waals surface area contributed by atoms with Crippen LogP contribution in [0.5, 0.6) is 0 Å². The number of aromatic nitrogens is 3. The molecule has 160 valence electrons. The fraction of sp³-hybridized carbons (Fsp3) is 0.389. The first-order valence-corrected chi connectivity index (χ1v) is 10.8. The van der Waals surface area contributed by atoms with E-state index in [1.54, 1.807) is 30.3 Å². The van der Waals surface area contributed by atoms with E-state index < -0.39 is 15.9 Å². The number of anilines is 2. The Morgan fingerprint density at radius 1 is 1.23 bits per heavy atom. The molecule has 2 aliphatic rings. The van der Waals surface area contributed by atoms with Gasteiger partial charge in [0, 0.05) is 20.2 Å². The molecule has 1 amide bonds. The molecule has 4 rings (SSSR count). The summed E-state index contributed by atoms with van der Waals surface area (Å²) in [5.74, 6) is -0.0421. The SMILES string of the molecule is COCCN1C(=O)C(Nc2nc(N3CCOCC3)n[nH]2)=C(c2ccccc2)S1(=O)=O. The van der Waals surface area contributed by atoms with E-state index in [0.29, 0.717) is 37.8 Å². The number of nitrogens with one attached hydrogen (secondary N) is 2. The van der Waals surface area contributed by atoms with Gasteiger partial charge in [-0.3, -0.25) is 4.79 Å². The van der Waals surface area contributed by atoms with Gasteiger partial charge in [0.15, 0.2) is 0 Å². The van der Waals surface area contributed by atoms with E-state index in [1.807, 2.05) is 4.90 Å². The molecule has 0 unspecified atom stereocenters. The highest BCUT2D eigenvalue weighted by Gasteiger charge is 2.44. The molecule has 1 fully saturated rings. The molecule has 0 spiro atoms. The number of rotatable bonds is 7. The molecule has 12 heteroatoms. The number of morpholine rings is 1. The second kappa shape index (κ2) is 8.42. The van der Waals surface area contributed by atoms with Crippen LogP contribution < -0.4 is 10.2 Å². The van der Waals surface area contributed by atoms with Gasteiger partial charge in [-0.1, -0.05) is 30.3 Å². The number of sulfonamides is 1. The summed E-state index contributed by atoms with van der Waals surface area (Å²) in [6.07, 6.45) is 0. The van der Waals surface area contributed by atoms with Crippen LogP contribution in [0.4, 0.5) is 11.9 Å². The monoisotopic (exact) mass is 434 g/mol. The van der Waals surface area contributed by atoms with Crippen molar-refractivity contribution in [1.29, 1.82) is 0 Å². The van der Waals surface area contributed by atoms with Gasteiger partial charge in [-0.05, 0) is 5.56 Å². The molecule has 0 atom stereocenters. The molecule has 2 aromatic rings. The molecule has 0 saturated carbocycles. The molecule has 2 N–H and O–H groups in total. The second-order valence-electron chi connectivity index (χ2n) is 6.65. The molecule has 1 aromatic heterocycles. The summed E-state index contributed by atoms with van der Waals surface area (Å²) in [5.41, 5.74) is 0.322. The Labute approximate surface area is 173 Å². The highest BCUT2D eigenvalue weighted by Crippen LogP contribution is 2.35. The number of carbonyl (C=O) groups excluding carboxylic acids is 1. The second-order valence-corrected chi connectivity index (χ2v) is 8.45.